The molecule has 1 aromatic rings. The van der Waals surface area contributed by atoms with E-state index in [1.807, 2.05) is 13.0 Å². The summed E-state index contributed by atoms with van der Waals surface area (Å²) in [5.41, 5.74) is 1.31. The van der Waals surface area contributed by atoms with E-state index < -0.39 is 7.12 Å². The van der Waals surface area contributed by atoms with E-state index in [1.165, 1.54) is 20.3 Å². The Kier molecular flexibility index (Phi) is 3.45. The summed E-state index contributed by atoms with van der Waals surface area (Å²) in [6, 6.07) is 4.95. The van der Waals surface area contributed by atoms with Crippen molar-refractivity contribution in [3.63, 3.8) is 0 Å². The van der Waals surface area contributed by atoms with E-state index in [9.17, 15) is 4.39 Å². The summed E-state index contributed by atoms with van der Waals surface area (Å²) >= 11 is 0. The maximum Gasteiger partial charge on any atom is 0.496 e. The van der Waals surface area contributed by atoms with Gasteiger partial charge < -0.3 is 9.31 Å². The van der Waals surface area contributed by atoms with Crippen molar-refractivity contribution in [2.75, 3.05) is 14.2 Å². The predicted molar refractivity (Wildman–Crippen MR) is 50.5 cm³/mol. The second-order valence-corrected chi connectivity index (χ2v) is 2.83. The number of aryl methyl sites for hydroxylation is 1. The molecule has 0 aliphatic rings. The molecule has 0 fully saturated rings. The third kappa shape index (κ3) is 2.29. The average Bonchev–Trinajstić information content (AvgIpc) is 2.10. The number of benzene rings is 1. The smallest absolute Gasteiger partial charge is 0.410 e. The maximum atomic E-state index is 13.3. The zero-order valence-corrected chi connectivity index (χ0v) is 8.00. The molecule has 70 valence electrons. The average molecular weight is 182 g/mol. The van der Waals surface area contributed by atoms with Gasteiger partial charge in [0.2, 0.25) is 0 Å². The van der Waals surface area contributed by atoms with Crippen LogP contribution in [-0.4, -0.2) is 21.3 Å². The molecule has 13 heavy (non-hydrogen) atoms. The van der Waals surface area contributed by atoms with E-state index in [1.54, 1.807) is 6.07 Å². The van der Waals surface area contributed by atoms with Crippen LogP contribution < -0.4 is 5.46 Å². The molecular formula is C9H12BFO2. The summed E-state index contributed by atoms with van der Waals surface area (Å²) in [7, 11) is 2.33. The molecule has 0 bridgehead atoms. The molecule has 0 spiro atoms. The van der Waals surface area contributed by atoms with Crippen LogP contribution in [-0.2, 0) is 9.31 Å². The van der Waals surface area contributed by atoms with E-state index in [0.717, 1.165) is 5.56 Å². The molecule has 0 radical (unpaired) electrons. The SMILES string of the molecule is COB(OC)c1ccc(C)cc1F. The molecule has 1 aromatic carbocycles. The third-order valence-corrected chi connectivity index (χ3v) is 1.84. The van der Waals surface area contributed by atoms with E-state index in [-0.39, 0.29) is 5.82 Å². The summed E-state index contributed by atoms with van der Waals surface area (Å²) in [6.45, 7) is 1.83. The summed E-state index contributed by atoms with van der Waals surface area (Å²) in [5.74, 6) is -0.297. The Balaban J connectivity index is 2.99. The van der Waals surface area contributed by atoms with Gasteiger partial charge in [-0.15, -0.1) is 0 Å². The highest BCUT2D eigenvalue weighted by molar-refractivity contribution is 6.61. The fourth-order valence-electron chi connectivity index (χ4n) is 1.17. The molecule has 2 nitrogen and oxygen atoms in total. The quantitative estimate of drug-likeness (QED) is 0.652. The molecule has 0 saturated heterocycles. The fourth-order valence-corrected chi connectivity index (χ4v) is 1.17. The van der Waals surface area contributed by atoms with Gasteiger partial charge in [0, 0.05) is 19.7 Å². The lowest BCUT2D eigenvalue weighted by molar-refractivity contribution is 0.290. The van der Waals surface area contributed by atoms with Crippen molar-refractivity contribution >= 4 is 12.6 Å². The van der Waals surface area contributed by atoms with Crippen molar-refractivity contribution in [3.8, 4) is 0 Å². The van der Waals surface area contributed by atoms with Gasteiger partial charge in [0.05, 0.1) is 0 Å². The van der Waals surface area contributed by atoms with Gasteiger partial charge in [-0.05, 0) is 18.6 Å². The lowest BCUT2D eigenvalue weighted by Gasteiger charge is -2.09. The van der Waals surface area contributed by atoms with E-state index in [2.05, 4.69) is 0 Å². The van der Waals surface area contributed by atoms with Crippen molar-refractivity contribution in [3.05, 3.63) is 29.6 Å². The number of rotatable bonds is 3. The van der Waals surface area contributed by atoms with Gasteiger partial charge in [0.25, 0.3) is 0 Å². The molecule has 1 rings (SSSR count). The Labute approximate surface area is 77.8 Å². The molecule has 0 aromatic heterocycles. The number of hydrogen-bond donors (Lipinski definition) is 0. The highest BCUT2D eigenvalue weighted by atomic mass is 19.1. The first-order valence-electron chi connectivity index (χ1n) is 4.00. The topological polar surface area (TPSA) is 18.5 Å². The van der Waals surface area contributed by atoms with Crippen molar-refractivity contribution in [2.24, 2.45) is 0 Å². The normalized spacial score (nSPS) is 10.2. The van der Waals surface area contributed by atoms with Crippen LogP contribution in [0.25, 0.3) is 0 Å². The van der Waals surface area contributed by atoms with Gasteiger partial charge in [-0.3, -0.25) is 0 Å². The van der Waals surface area contributed by atoms with E-state index in [4.69, 9.17) is 9.31 Å². The second-order valence-electron chi connectivity index (χ2n) is 2.83. The monoisotopic (exact) mass is 182 g/mol. The van der Waals surface area contributed by atoms with Crippen LogP contribution in [0.4, 0.5) is 4.39 Å². The van der Waals surface area contributed by atoms with Crippen LogP contribution in [0.1, 0.15) is 5.56 Å². The van der Waals surface area contributed by atoms with Gasteiger partial charge in [0.1, 0.15) is 5.82 Å². The largest absolute Gasteiger partial charge is 0.496 e. The van der Waals surface area contributed by atoms with Crippen molar-refractivity contribution in [2.45, 2.75) is 6.92 Å². The lowest BCUT2D eigenvalue weighted by Crippen LogP contribution is -2.37. The van der Waals surface area contributed by atoms with Gasteiger partial charge >= 0.3 is 7.12 Å². The fraction of sp³-hybridized carbons (Fsp3) is 0.333. The zero-order valence-electron chi connectivity index (χ0n) is 8.00. The Morgan fingerprint density at radius 1 is 1.23 bits per heavy atom. The first-order valence-corrected chi connectivity index (χ1v) is 4.00. The summed E-state index contributed by atoms with van der Waals surface area (Å²) in [4.78, 5) is 0. The molecule has 0 saturated carbocycles. The van der Waals surface area contributed by atoms with Crippen molar-refractivity contribution in [1.82, 2.24) is 0 Å². The Morgan fingerprint density at radius 2 is 1.85 bits per heavy atom. The van der Waals surface area contributed by atoms with Crippen molar-refractivity contribution < 1.29 is 13.7 Å². The van der Waals surface area contributed by atoms with Gasteiger partial charge in [-0.25, -0.2) is 4.39 Å². The minimum Gasteiger partial charge on any atom is -0.410 e. The van der Waals surface area contributed by atoms with Crippen molar-refractivity contribution in [1.29, 1.82) is 0 Å². The first-order chi connectivity index (χ1) is 6.19. The predicted octanol–water partition coefficient (Wildman–Crippen LogP) is 1.12. The summed E-state index contributed by atoms with van der Waals surface area (Å²) in [6.07, 6.45) is 0. The number of halogens is 1. The first kappa shape index (κ1) is 10.2. The molecule has 0 unspecified atom stereocenters. The van der Waals surface area contributed by atoms with Crippen LogP contribution in [0, 0.1) is 12.7 Å². The molecule has 4 heteroatoms. The van der Waals surface area contributed by atoms with Crippen LogP contribution in [0.2, 0.25) is 0 Å². The molecule has 0 aliphatic heterocycles. The molecule has 0 N–H and O–H groups in total. The molecule has 0 aliphatic carbocycles. The standard InChI is InChI=1S/C9H12BFO2/c1-7-4-5-8(9(11)6-7)10(12-2)13-3/h4-6H,1-3H3. The Morgan fingerprint density at radius 3 is 2.31 bits per heavy atom. The second kappa shape index (κ2) is 4.39. The van der Waals surface area contributed by atoms with Crippen LogP contribution >= 0.6 is 0 Å². The molecule has 0 amide bonds. The maximum absolute atomic E-state index is 13.3. The lowest BCUT2D eigenvalue weighted by atomic mass is 9.78. The minimum atomic E-state index is -0.624. The van der Waals surface area contributed by atoms with Gasteiger partial charge in [-0.1, -0.05) is 12.1 Å². The Hall–Kier alpha value is -0.865. The van der Waals surface area contributed by atoms with Crippen LogP contribution in [0.5, 0.6) is 0 Å². The molecule has 0 heterocycles. The highest BCUT2D eigenvalue weighted by Crippen LogP contribution is 2.01. The van der Waals surface area contributed by atoms with Gasteiger partial charge in [0.15, 0.2) is 0 Å². The van der Waals surface area contributed by atoms with Crippen LogP contribution in [0.3, 0.4) is 0 Å². The van der Waals surface area contributed by atoms with E-state index in [0.29, 0.717) is 5.46 Å². The van der Waals surface area contributed by atoms with Gasteiger partial charge in [-0.2, -0.15) is 0 Å². The molecule has 0 atom stereocenters. The van der Waals surface area contributed by atoms with E-state index >= 15 is 0 Å². The van der Waals surface area contributed by atoms with Crippen LogP contribution in [0.15, 0.2) is 18.2 Å². The Bertz CT molecular complexity index is 287. The highest BCUT2D eigenvalue weighted by Gasteiger charge is 2.21. The zero-order chi connectivity index (χ0) is 9.84. The number of hydrogen-bond acceptors (Lipinski definition) is 2. The molecular weight excluding hydrogens is 170 g/mol. The third-order valence-electron chi connectivity index (χ3n) is 1.84. The summed E-state index contributed by atoms with van der Waals surface area (Å²) in [5, 5.41) is 0. The minimum absolute atomic E-state index is 0.297. The summed E-state index contributed by atoms with van der Waals surface area (Å²) < 4.78 is 23.2.